The van der Waals surface area contributed by atoms with Crippen molar-refractivity contribution in [1.29, 1.82) is 0 Å². The predicted molar refractivity (Wildman–Crippen MR) is 37.9 cm³/mol. The van der Waals surface area contributed by atoms with Crippen molar-refractivity contribution in [2.45, 2.75) is 37.9 Å². The zero-order valence-corrected chi connectivity index (χ0v) is 6.21. The second-order valence-electron chi connectivity index (χ2n) is 3.14. The van der Waals surface area contributed by atoms with E-state index in [-0.39, 0.29) is 0 Å². The maximum Gasteiger partial charge on any atom is 0.0598 e. The fourth-order valence-corrected chi connectivity index (χ4v) is 1.73. The SMILES string of the molecule is C1CC2CCC(CCO2)O1. The van der Waals surface area contributed by atoms with Gasteiger partial charge < -0.3 is 9.47 Å². The van der Waals surface area contributed by atoms with Crippen molar-refractivity contribution in [1.82, 2.24) is 0 Å². The lowest BCUT2D eigenvalue weighted by molar-refractivity contribution is -0.0161. The average Bonchev–Trinajstić information content (AvgIpc) is 2.17. The summed E-state index contributed by atoms with van der Waals surface area (Å²) < 4.78 is 11.2. The van der Waals surface area contributed by atoms with Crippen molar-refractivity contribution in [2.75, 3.05) is 13.2 Å². The van der Waals surface area contributed by atoms with Crippen molar-refractivity contribution < 1.29 is 9.47 Å². The molecule has 2 unspecified atom stereocenters. The van der Waals surface area contributed by atoms with E-state index in [0.29, 0.717) is 12.2 Å². The van der Waals surface area contributed by atoms with Gasteiger partial charge in [-0.2, -0.15) is 0 Å². The molecule has 0 aromatic rings. The first-order chi connectivity index (χ1) is 4.95. The van der Waals surface area contributed by atoms with Crippen LogP contribution in [0.3, 0.4) is 0 Å². The average molecular weight is 142 g/mol. The van der Waals surface area contributed by atoms with Crippen LogP contribution in [0.15, 0.2) is 0 Å². The molecule has 0 spiro atoms. The molecule has 0 saturated carbocycles. The Bertz CT molecular complexity index is 91.8. The van der Waals surface area contributed by atoms with E-state index < -0.39 is 0 Å². The molecule has 2 aliphatic heterocycles. The number of hydrogen-bond acceptors (Lipinski definition) is 2. The van der Waals surface area contributed by atoms with Gasteiger partial charge in [0.15, 0.2) is 0 Å². The van der Waals surface area contributed by atoms with Gasteiger partial charge in [0.2, 0.25) is 0 Å². The third kappa shape index (κ3) is 1.32. The molecule has 58 valence electrons. The maximum atomic E-state index is 5.59. The second-order valence-corrected chi connectivity index (χ2v) is 3.14. The standard InChI is InChI=1S/C8H14O2/c1-2-8-4-6-9-7(1)3-5-10-8/h7-8H,1-6H2. The summed E-state index contributed by atoms with van der Waals surface area (Å²) in [6, 6.07) is 0. The van der Waals surface area contributed by atoms with Crippen molar-refractivity contribution in [2.24, 2.45) is 0 Å². The lowest BCUT2D eigenvalue weighted by Gasteiger charge is -2.16. The molecule has 2 aliphatic rings. The minimum absolute atomic E-state index is 0.507. The summed E-state index contributed by atoms with van der Waals surface area (Å²) in [5.41, 5.74) is 0. The van der Waals surface area contributed by atoms with Crippen molar-refractivity contribution >= 4 is 0 Å². The van der Waals surface area contributed by atoms with Crippen molar-refractivity contribution in [3.8, 4) is 0 Å². The summed E-state index contributed by atoms with van der Waals surface area (Å²) in [4.78, 5) is 0. The van der Waals surface area contributed by atoms with Crippen LogP contribution in [0.5, 0.6) is 0 Å². The Morgan fingerprint density at radius 3 is 1.70 bits per heavy atom. The minimum atomic E-state index is 0.507. The molecule has 0 radical (unpaired) electrons. The van der Waals surface area contributed by atoms with Gasteiger partial charge in [-0.05, 0) is 25.7 Å². The molecule has 0 aromatic carbocycles. The maximum absolute atomic E-state index is 5.59. The highest BCUT2D eigenvalue weighted by atomic mass is 16.5. The van der Waals surface area contributed by atoms with E-state index in [9.17, 15) is 0 Å². The Balaban J connectivity index is 2.01. The Labute approximate surface area is 61.5 Å². The van der Waals surface area contributed by atoms with Crippen LogP contribution >= 0.6 is 0 Å². The highest BCUT2D eigenvalue weighted by Gasteiger charge is 2.23. The monoisotopic (exact) mass is 142 g/mol. The van der Waals surface area contributed by atoms with Crippen molar-refractivity contribution in [3.63, 3.8) is 0 Å². The molecule has 2 saturated heterocycles. The van der Waals surface area contributed by atoms with Crippen LogP contribution < -0.4 is 0 Å². The summed E-state index contributed by atoms with van der Waals surface area (Å²) in [6.07, 6.45) is 5.66. The molecule has 0 amide bonds. The molecule has 2 heterocycles. The van der Waals surface area contributed by atoms with Gasteiger partial charge in [0.1, 0.15) is 0 Å². The number of hydrogen-bond donors (Lipinski definition) is 0. The first-order valence-electron chi connectivity index (χ1n) is 4.18. The first-order valence-corrected chi connectivity index (χ1v) is 4.18. The summed E-state index contributed by atoms with van der Waals surface area (Å²) in [6.45, 7) is 1.82. The fraction of sp³-hybridized carbons (Fsp3) is 1.00. The van der Waals surface area contributed by atoms with Gasteiger partial charge in [0.05, 0.1) is 12.2 Å². The molecular weight excluding hydrogens is 128 g/mol. The molecule has 0 aromatic heterocycles. The van der Waals surface area contributed by atoms with Gasteiger partial charge in [-0.25, -0.2) is 0 Å². The Kier molecular flexibility index (Phi) is 1.91. The van der Waals surface area contributed by atoms with Crippen LogP contribution in [-0.2, 0) is 9.47 Å². The molecule has 2 heteroatoms. The normalized spacial score (nSPS) is 40.8. The van der Waals surface area contributed by atoms with E-state index in [1.54, 1.807) is 0 Å². The second kappa shape index (κ2) is 2.89. The van der Waals surface area contributed by atoms with Gasteiger partial charge in [-0.3, -0.25) is 0 Å². The zero-order chi connectivity index (χ0) is 6.81. The molecule has 2 rings (SSSR count). The van der Waals surface area contributed by atoms with Gasteiger partial charge in [0.25, 0.3) is 0 Å². The quantitative estimate of drug-likeness (QED) is 0.508. The van der Waals surface area contributed by atoms with E-state index >= 15 is 0 Å². The molecule has 2 nitrogen and oxygen atoms in total. The lowest BCUT2D eigenvalue weighted by atomic mass is 10.1. The van der Waals surface area contributed by atoms with E-state index in [0.717, 1.165) is 26.1 Å². The van der Waals surface area contributed by atoms with Gasteiger partial charge in [0, 0.05) is 13.2 Å². The van der Waals surface area contributed by atoms with Crippen LogP contribution in [0, 0.1) is 0 Å². The summed E-state index contributed by atoms with van der Waals surface area (Å²) in [5.74, 6) is 0. The lowest BCUT2D eigenvalue weighted by Crippen LogP contribution is -2.18. The van der Waals surface area contributed by atoms with E-state index in [4.69, 9.17) is 9.47 Å². The Hall–Kier alpha value is -0.0800. The third-order valence-electron chi connectivity index (χ3n) is 2.40. The smallest absolute Gasteiger partial charge is 0.0598 e. The first kappa shape index (κ1) is 6.62. The molecule has 0 N–H and O–H groups in total. The third-order valence-corrected chi connectivity index (χ3v) is 2.40. The fourth-order valence-electron chi connectivity index (χ4n) is 1.73. The molecule has 10 heavy (non-hydrogen) atoms. The predicted octanol–water partition coefficient (Wildman–Crippen LogP) is 1.34. The van der Waals surface area contributed by atoms with Gasteiger partial charge in [-0.15, -0.1) is 0 Å². The molecular formula is C8H14O2. The number of ether oxygens (including phenoxy) is 2. The summed E-state index contributed by atoms with van der Waals surface area (Å²) in [7, 11) is 0. The Morgan fingerprint density at radius 1 is 0.700 bits per heavy atom. The summed E-state index contributed by atoms with van der Waals surface area (Å²) in [5, 5.41) is 0. The van der Waals surface area contributed by atoms with E-state index in [1.807, 2.05) is 0 Å². The van der Waals surface area contributed by atoms with Crippen LogP contribution in [0.25, 0.3) is 0 Å². The minimum Gasteiger partial charge on any atom is -0.378 e. The van der Waals surface area contributed by atoms with Gasteiger partial charge >= 0.3 is 0 Å². The number of rotatable bonds is 0. The van der Waals surface area contributed by atoms with Gasteiger partial charge in [-0.1, -0.05) is 0 Å². The van der Waals surface area contributed by atoms with Crippen molar-refractivity contribution in [3.05, 3.63) is 0 Å². The molecule has 0 aliphatic carbocycles. The molecule has 2 bridgehead atoms. The van der Waals surface area contributed by atoms with Crippen LogP contribution in [0.1, 0.15) is 25.7 Å². The molecule has 2 fully saturated rings. The van der Waals surface area contributed by atoms with Crippen LogP contribution in [0.2, 0.25) is 0 Å². The van der Waals surface area contributed by atoms with Crippen LogP contribution in [-0.4, -0.2) is 25.4 Å². The topological polar surface area (TPSA) is 18.5 Å². The number of fused-ring (bicyclic) bond motifs is 3. The molecule has 2 atom stereocenters. The Morgan fingerprint density at radius 2 is 1.20 bits per heavy atom. The highest BCUT2D eigenvalue weighted by molar-refractivity contribution is 4.72. The largest absolute Gasteiger partial charge is 0.378 e. The zero-order valence-electron chi connectivity index (χ0n) is 6.21. The van der Waals surface area contributed by atoms with Crippen LogP contribution in [0.4, 0.5) is 0 Å². The summed E-state index contributed by atoms with van der Waals surface area (Å²) >= 11 is 0. The highest BCUT2D eigenvalue weighted by Crippen LogP contribution is 2.22. The van der Waals surface area contributed by atoms with E-state index in [2.05, 4.69) is 0 Å². The van der Waals surface area contributed by atoms with E-state index in [1.165, 1.54) is 12.8 Å².